The average molecular weight is 285 g/mol. The molecule has 22 heavy (non-hydrogen) atoms. The molecule has 0 amide bonds. The van der Waals surface area contributed by atoms with Crippen molar-refractivity contribution in [3.8, 4) is 17.5 Å². The molecule has 2 heterocycles. The highest BCUT2D eigenvalue weighted by Crippen LogP contribution is 2.23. The maximum absolute atomic E-state index is 8.79. The van der Waals surface area contributed by atoms with Crippen LogP contribution in [0.3, 0.4) is 0 Å². The lowest BCUT2D eigenvalue weighted by atomic mass is 10.1. The van der Waals surface area contributed by atoms with Gasteiger partial charge in [-0.1, -0.05) is 18.2 Å². The second-order valence-corrected chi connectivity index (χ2v) is 4.76. The Morgan fingerprint density at radius 1 is 1.09 bits per heavy atom. The Labute approximate surface area is 128 Å². The average Bonchev–Trinajstić information content (AvgIpc) is 3.04. The second-order valence-electron chi connectivity index (χ2n) is 4.76. The molecule has 4 nitrogen and oxygen atoms in total. The van der Waals surface area contributed by atoms with Gasteiger partial charge in [0.05, 0.1) is 18.2 Å². The molecule has 0 spiro atoms. The molecule has 0 unspecified atom stereocenters. The van der Waals surface area contributed by atoms with E-state index in [-0.39, 0.29) is 0 Å². The molecular formula is C18H11N3O. The molecule has 0 fully saturated rings. The zero-order valence-corrected chi connectivity index (χ0v) is 11.7. The van der Waals surface area contributed by atoms with Crippen LogP contribution in [0.2, 0.25) is 0 Å². The summed E-state index contributed by atoms with van der Waals surface area (Å²) in [7, 11) is 0. The van der Waals surface area contributed by atoms with Gasteiger partial charge in [-0.3, -0.25) is 4.98 Å². The highest BCUT2D eigenvalue weighted by Gasteiger charge is 2.07. The van der Waals surface area contributed by atoms with Crippen molar-refractivity contribution in [2.24, 2.45) is 0 Å². The van der Waals surface area contributed by atoms with Gasteiger partial charge in [-0.05, 0) is 35.9 Å². The van der Waals surface area contributed by atoms with Gasteiger partial charge in [0.1, 0.15) is 11.5 Å². The van der Waals surface area contributed by atoms with E-state index in [1.807, 2.05) is 24.3 Å². The Balaban J connectivity index is 1.78. The first-order chi connectivity index (χ1) is 10.8. The summed E-state index contributed by atoms with van der Waals surface area (Å²) in [6, 6.07) is 16.8. The van der Waals surface area contributed by atoms with Gasteiger partial charge >= 0.3 is 0 Å². The summed E-state index contributed by atoms with van der Waals surface area (Å²) in [4.78, 5) is 7.53. The number of rotatable bonds is 3. The topological polar surface area (TPSA) is 54.2 Å². The van der Waals surface area contributed by atoms with E-state index in [0.29, 0.717) is 29.1 Å². The summed E-state index contributed by atoms with van der Waals surface area (Å²) in [6.45, 7) is 6.92. The van der Waals surface area contributed by atoms with Crippen molar-refractivity contribution in [2.45, 2.75) is 6.42 Å². The quantitative estimate of drug-likeness (QED) is 0.672. The first-order valence-electron chi connectivity index (χ1n) is 6.70. The fourth-order valence-corrected chi connectivity index (χ4v) is 2.11. The minimum absolute atomic E-state index is 0.508. The largest absolute Gasteiger partial charge is 0.459 e. The van der Waals surface area contributed by atoms with E-state index in [2.05, 4.69) is 15.9 Å². The standard InChI is InChI=1S/C18H11N3O/c1-20-15-6-8-17(21-12-15)18-9-7-16(22-18)10-13-2-4-14(11-19)5-3-13/h2-9,12H,10H2. The molecule has 0 saturated heterocycles. The predicted octanol–water partition coefficient (Wildman–Crippen LogP) is 4.35. The summed E-state index contributed by atoms with van der Waals surface area (Å²) in [5.74, 6) is 1.51. The number of benzene rings is 1. The molecular weight excluding hydrogens is 274 g/mol. The highest BCUT2D eigenvalue weighted by atomic mass is 16.3. The molecule has 3 rings (SSSR count). The lowest BCUT2D eigenvalue weighted by Crippen LogP contribution is -1.86. The maximum Gasteiger partial charge on any atom is 0.205 e. The third kappa shape index (κ3) is 2.87. The lowest BCUT2D eigenvalue weighted by Gasteiger charge is -1.99. The number of pyridine rings is 1. The number of nitrogens with zero attached hydrogens (tertiary/aromatic N) is 3. The van der Waals surface area contributed by atoms with Crippen LogP contribution in [-0.2, 0) is 6.42 Å². The van der Waals surface area contributed by atoms with Gasteiger partial charge in [0.15, 0.2) is 5.76 Å². The molecule has 0 radical (unpaired) electrons. The Hall–Kier alpha value is -3.37. The molecule has 0 atom stereocenters. The number of aromatic nitrogens is 1. The van der Waals surface area contributed by atoms with E-state index in [1.165, 1.54) is 6.20 Å². The monoisotopic (exact) mass is 285 g/mol. The predicted molar refractivity (Wildman–Crippen MR) is 82.2 cm³/mol. The van der Waals surface area contributed by atoms with Crippen LogP contribution in [-0.4, -0.2) is 4.98 Å². The molecule has 104 valence electrons. The third-order valence-corrected chi connectivity index (χ3v) is 3.25. The Bertz CT molecular complexity index is 862. The van der Waals surface area contributed by atoms with Crippen LogP contribution in [0, 0.1) is 17.9 Å². The smallest absolute Gasteiger partial charge is 0.205 e. The van der Waals surface area contributed by atoms with Crippen LogP contribution in [0.15, 0.2) is 59.1 Å². The van der Waals surface area contributed by atoms with Gasteiger partial charge in [-0.25, -0.2) is 4.85 Å². The summed E-state index contributed by atoms with van der Waals surface area (Å²) in [5.41, 5.74) is 2.94. The molecule has 0 bridgehead atoms. The number of furan rings is 1. The van der Waals surface area contributed by atoms with Crippen molar-refractivity contribution in [3.05, 3.63) is 83.0 Å². The van der Waals surface area contributed by atoms with E-state index in [4.69, 9.17) is 16.3 Å². The van der Waals surface area contributed by atoms with Gasteiger partial charge < -0.3 is 4.42 Å². The van der Waals surface area contributed by atoms with E-state index in [1.54, 1.807) is 24.3 Å². The number of hydrogen-bond donors (Lipinski definition) is 0. The van der Waals surface area contributed by atoms with Crippen molar-refractivity contribution in [1.82, 2.24) is 4.98 Å². The molecule has 0 aliphatic carbocycles. The molecule has 2 aromatic heterocycles. The first-order valence-corrected chi connectivity index (χ1v) is 6.70. The van der Waals surface area contributed by atoms with Crippen molar-refractivity contribution < 1.29 is 4.42 Å². The summed E-state index contributed by atoms with van der Waals surface area (Å²) in [5, 5.41) is 8.79. The molecule has 3 aromatic rings. The summed E-state index contributed by atoms with van der Waals surface area (Å²) >= 11 is 0. The van der Waals surface area contributed by atoms with Crippen molar-refractivity contribution in [3.63, 3.8) is 0 Å². The normalized spacial score (nSPS) is 9.91. The van der Waals surface area contributed by atoms with Crippen LogP contribution in [0.25, 0.3) is 16.3 Å². The van der Waals surface area contributed by atoms with Gasteiger partial charge in [-0.2, -0.15) is 5.26 Å². The third-order valence-electron chi connectivity index (χ3n) is 3.25. The van der Waals surface area contributed by atoms with E-state index < -0.39 is 0 Å². The lowest BCUT2D eigenvalue weighted by molar-refractivity contribution is 0.532. The molecule has 4 heteroatoms. The molecule has 0 N–H and O–H groups in total. The van der Waals surface area contributed by atoms with Crippen LogP contribution < -0.4 is 0 Å². The zero-order chi connectivity index (χ0) is 15.4. The van der Waals surface area contributed by atoms with E-state index in [9.17, 15) is 0 Å². The summed E-state index contributed by atoms with van der Waals surface area (Å²) < 4.78 is 5.80. The minimum atomic E-state index is 0.508. The molecule has 1 aromatic carbocycles. The van der Waals surface area contributed by atoms with Crippen LogP contribution in [0.1, 0.15) is 16.9 Å². The number of hydrogen-bond acceptors (Lipinski definition) is 3. The van der Waals surface area contributed by atoms with Crippen molar-refractivity contribution in [1.29, 1.82) is 5.26 Å². The molecule has 0 aliphatic heterocycles. The van der Waals surface area contributed by atoms with Crippen LogP contribution >= 0.6 is 0 Å². The Morgan fingerprint density at radius 3 is 2.55 bits per heavy atom. The van der Waals surface area contributed by atoms with Crippen molar-refractivity contribution in [2.75, 3.05) is 0 Å². The van der Waals surface area contributed by atoms with Gasteiger partial charge in [0, 0.05) is 12.6 Å². The summed E-state index contributed by atoms with van der Waals surface area (Å²) in [6.07, 6.45) is 2.19. The fraction of sp³-hybridized carbons (Fsp3) is 0.0556. The maximum atomic E-state index is 8.79. The van der Waals surface area contributed by atoms with Crippen LogP contribution in [0.4, 0.5) is 5.69 Å². The van der Waals surface area contributed by atoms with Gasteiger partial charge in [0.25, 0.3) is 0 Å². The van der Waals surface area contributed by atoms with Gasteiger partial charge in [0.2, 0.25) is 5.69 Å². The number of nitriles is 1. The highest BCUT2D eigenvalue weighted by molar-refractivity contribution is 5.56. The minimum Gasteiger partial charge on any atom is -0.459 e. The molecule has 0 saturated carbocycles. The zero-order valence-electron chi connectivity index (χ0n) is 11.7. The van der Waals surface area contributed by atoms with E-state index >= 15 is 0 Å². The SMILES string of the molecule is [C-]#[N+]c1ccc(-c2ccc(Cc3ccc(C#N)cc3)o2)nc1. The first kappa shape index (κ1) is 13.6. The second kappa shape index (κ2) is 5.95. The Morgan fingerprint density at radius 2 is 1.91 bits per heavy atom. The molecule has 0 aliphatic rings. The van der Waals surface area contributed by atoms with Crippen molar-refractivity contribution >= 4 is 5.69 Å². The van der Waals surface area contributed by atoms with E-state index in [0.717, 1.165) is 11.3 Å². The fourth-order valence-electron chi connectivity index (χ4n) is 2.11. The van der Waals surface area contributed by atoms with Gasteiger partial charge in [-0.15, -0.1) is 0 Å². The Kier molecular flexibility index (Phi) is 3.68. The van der Waals surface area contributed by atoms with Crippen LogP contribution in [0.5, 0.6) is 0 Å².